The van der Waals surface area contributed by atoms with Gasteiger partial charge in [-0.05, 0) is 64.6 Å². The third kappa shape index (κ3) is 7.60. The number of benzene rings is 3. The van der Waals surface area contributed by atoms with Gasteiger partial charge >= 0.3 is 0 Å². The maximum absolute atomic E-state index is 12.7. The fraction of sp³-hybridized carbons (Fsp3) is 0.160. The zero-order valence-corrected chi connectivity index (χ0v) is 20.2. The van der Waals surface area contributed by atoms with Gasteiger partial charge in [-0.1, -0.05) is 42.5 Å². The molecule has 0 spiro atoms. The van der Waals surface area contributed by atoms with Crippen LogP contribution >= 0.6 is 22.6 Å². The average Bonchev–Trinajstić information content (AvgIpc) is 2.83. The van der Waals surface area contributed by atoms with Gasteiger partial charge in [-0.25, -0.2) is 0 Å². The summed E-state index contributed by atoms with van der Waals surface area (Å²) in [4.78, 5) is 38.8. The molecule has 3 rings (SSSR count). The summed E-state index contributed by atoms with van der Waals surface area (Å²) in [7, 11) is 1.69. The fourth-order valence-corrected chi connectivity index (χ4v) is 3.34. The van der Waals surface area contributed by atoms with Crippen LogP contribution in [0.25, 0.3) is 0 Å². The molecule has 0 aliphatic rings. The molecule has 0 aliphatic heterocycles. The summed E-state index contributed by atoms with van der Waals surface area (Å²) in [6, 6.07) is 23.6. The third-order valence-corrected chi connectivity index (χ3v) is 5.43. The highest BCUT2D eigenvalue weighted by molar-refractivity contribution is 14.1. The number of nitrogens with one attached hydrogen (secondary N) is 2. The Kier molecular flexibility index (Phi) is 8.82. The van der Waals surface area contributed by atoms with Crippen LogP contribution in [-0.4, -0.2) is 42.8 Å². The van der Waals surface area contributed by atoms with Gasteiger partial charge in [-0.15, -0.1) is 0 Å². The largest absolute Gasteiger partial charge is 0.483 e. The van der Waals surface area contributed by atoms with E-state index in [4.69, 9.17) is 4.74 Å². The smallest absolute Gasteiger partial charge is 0.262 e. The number of carbonyl (C=O) groups excluding carboxylic acids is 3. The van der Waals surface area contributed by atoms with E-state index in [0.29, 0.717) is 12.2 Å². The minimum Gasteiger partial charge on any atom is -0.483 e. The van der Waals surface area contributed by atoms with Crippen molar-refractivity contribution in [2.45, 2.75) is 6.54 Å². The van der Waals surface area contributed by atoms with E-state index in [1.165, 1.54) is 0 Å². The summed E-state index contributed by atoms with van der Waals surface area (Å²) in [5.74, 6) is -0.755. The molecule has 2 N–H and O–H groups in total. The molecule has 0 fully saturated rings. The molecule has 8 heteroatoms. The monoisotopic (exact) mass is 557 g/mol. The molecule has 0 heterocycles. The van der Waals surface area contributed by atoms with Crippen molar-refractivity contribution in [2.24, 2.45) is 0 Å². The summed E-state index contributed by atoms with van der Waals surface area (Å²) in [5.41, 5.74) is 1.91. The minimum atomic E-state index is -0.454. The predicted octanol–water partition coefficient (Wildman–Crippen LogP) is 3.70. The molecule has 3 amide bonds. The number of anilines is 1. The Hall–Kier alpha value is -3.40. The van der Waals surface area contributed by atoms with Gasteiger partial charge in [0.25, 0.3) is 11.8 Å². The molecule has 0 unspecified atom stereocenters. The maximum Gasteiger partial charge on any atom is 0.262 e. The first-order chi connectivity index (χ1) is 15.9. The van der Waals surface area contributed by atoms with Gasteiger partial charge in [0.15, 0.2) is 6.61 Å². The highest BCUT2D eigenvalue weighted by Gasteiger charge is 2.16. The Bertz CT molecular complexity index is 1100. The number of likely N-dealkylation sites (N-methyl/N-ethyl adjacent to an activating group) is 1. The van der Waals surface area contributed by atoms with E-state index in [1.807, 2.05) is 42.5 Å². The van der Waals surface area contributed by atoms with Crippen LogP contribution in [0.5, 0.6) is 5.75 Å². The van der Waals surface area contributed by atoms with Crippen LogP contribution in [0.4, 0.5) is 5.69 Å². The highest BCUT2D eigenvalue weighted by Crippen LogP contribution is 2.18. The van der Waals surface area contributed by atoms with Crippen LogP contribution in [0, 0.1) is 3.57 Å². The molecule has 0 saturated carbocycles. The van der Waals surface area contributed by atoms with E-state index in [0.717, 1.165) is 9.13 Å². The van der Waals surface area contributed by atoms with Crippen LogP contribution in [0.2, 0.25) is 0 Å². The molecule has 170 valence electrons. The minimum absolute atomic E-state index is 0.149. The van der Waals surface area contributed by atoms with E-state index in [1.54, 1.807) is 48.3 Å². The van der Waals surface area contributed by atoms with Crippen molar-refractivity contribution in [3.05, 3.63) is 93.6 Å². The van der Waals surface area contributed by atoms with Crippen molar-refractivity contribution < 1.29 is 19.1 Å². The molecule has 3 aromatic rings. The number of para-hydroxylation sites is 1. The molecule has 0 aromatic heterocycles. The van der Waals surface area contributed by atoms with E-state index < -0.39 is 5.91 Å². The SMILES string of the molecule is CN(Cc1ccccc1)C(=O)CNC(=O)c1ccccc1OCC(=O)Nc1ccc(I)cc1. The second kappa shape index (κ2) is 12.0. The van der Waals surface area contributed by atoms with Crippen LogP contribution in [-0.2, 0) is 16.1 Å². The van der Waals surface area contributed by atoms with Crippen LogP contribution in [0.1, 0.15) is 15.9 Å². The number of nitrogens with zero attached hydrogens (tertiary/aromatic N) is 1. The molecule has 7 nitrogen and oxygen atoms in total. The molecule has 0 bridgehead atoms. The van der Waals surface area contributed by atoms with E-state index in [-0.39, 0.29) is 36.3 Å². The van der Waals surface area contributed by atoms with E-state index in [9.17, 15) is 14.4 Å². The van der Waals surface area contributed by atoms with Crippen molar-refractivity contribution in [3.63, 3.8) is 0 Å². The van der Waals surface area contributed by atoms with Crippen molar-refractivity contribution in [1.82, 2.24) is 10.2 Å². The lowest BCUT2D eigenvalue weighted by Gasteiger charge is -2.18. The first-order valence-electron chi connectivity index (χ1n) is 10.3. The second-order valence-corrected chi connectivity index (χ2v) is 8.50. The molecular formula is C25H24IN3O4. The Morgan fingerprint density at radius 1 is 0.909 bits per heavy atom. The lowest BCUT2D eigenvalue weighted by atomic mass is 10.2. The van der Waals surface area contributed by atoms with Gasteiger partial charge in [0, 0.05) is 22.8 Å². The van der Waals surface area contributed by atoms with Crippen LogP contribution in [0.3, 0.4) is 0 Å². The van der Waals surface area contributed by atoms with Gasteiger partial charge in [-0.2, -0.15) is 0 Å². The second-order valence-electron chi connectivity index (χ2n) is 7.26. The van der Waals surface area contributed by atoms with Crippen LogP contribution < -0.4 is 15.4 Å². The molecule has 0 atom stereocenters. The average molecular weight is 557 g/mol. The normalized spacial score (nSPS) is 10.2. The highest BCUT2D eigenvalue weighted by atomic mass is 127. The van der Waals surface area contributed by atoms with Gasteiger partial charge < -0.3 is 20.3 Å². The first kappa shape index (κ1) is 24.2. The molecule has 0 radical (unpaired) electrons. The molecule has 0 saturated heterocycles. The molecule has 3 aromatic carbocycles. The molecule has 0 aliphatic carbocycles. The van der Waals surface area contributed by atoms with Gasteiger partial charge in [0.1, 0.15) is 5.75 Å². The van der Waals surface area contributed by atoms with E-state index in [2.05, 4.69) is 33.2 Å². The number of ether oxygens (including phenoxy) is 1. The summed E-state index contributed by atoms with van der Waals surface area (Å²) in [6.07, 6.45) is 0. The Morgan fingerprint density at radius 2 is 1.58 bits per heavy atom. The Morgan fingerprint density at radius 3 is 2.30 bits per heavy atom. The first-order valence-corrected chi connectivity index (χ1v) is 11.3. The predicted molar refractivity (Wildman–Crippen MR) is 135 cm³/mol. The van der Waals surface area contributed by atoms with E-state index >= 15 is 0 Å². The number of hydrogen-bond donors (Lipinski definition) is 2. The van der Waals surface area contributed by atoms with Crippen molar-refractivity contribution in [1.29, 1.82) is 0 Å². The maximum atomic E-state index is 12.7. The van der Waals surface area contributed by atoms with Gasteiger partial charge in [0.2, 0.25) is 5.91 Å². The quantitative estimate of drug-likeness (QED) is 0.393. The number of rotatable bonds is 9. The Balaban J connectivity index is 1.52. The van der Waals surface area contributed by atoms with Crippen LogP contribution in [0.15, 0.2) is 78.9 Å². The lowest BCUT2D eigenvalue weighted by molar-refractivity contribution is -0.129. The lowest BCUT2D eigenvalue weighted by Crippen LogP contribution is -2.38. The Labute approximate surface area is 206 Å². The van der Waals surface area contributed by atoms with Crippen molar-refractivity contribution in [2.75, 3.05) is 25.5 Å². The van der Waals surface area contributed by atoms with Gasteiger partial charge in [0.05, 0.1) is 12.1 Å². The zero-order valence-electron chi connectivity index (χ0n) is 18.1. The van der Waals surface area contributed by atoms with Gasteiger partial charge in [-0.3, -0.25) is 14.4 Å². The fourth-order valence-electron chi connectivity index (χ4n) is 2.99. The zero-order chi connectivity index (χ0) is 23.6. The number of halogens is 1. The summed E-state index contributed by atoms with van der Waals surface area (Å²) in [6.45, 7) is 0.0454. The molecular weight excluding hydrogens is 533 g/mol. The number of carbonyl (C=O) groups is 3. The standard InChI is InChI=1S/C25H24IN3O4/c1-29(16-18-7-3-2-4-8-18)24(31)15-27-25(32)21-9-5-6-10-22(21)33-17-23(30)28-20-13-11-19(26)12-14-20/h2-14H,15-17H2,1H3,(H,27,32)(H,28,30). The summed E-state index contributed by atoms with van der Waals surface area (Å²) >= 11 is 2.18. The molecule has 33 heavy (non-hydrogen) atoms. The topological polar surface area (TPSA) is 87.7 Å². The summed E-state index contributed by atoms with van der Waals surface area (Å²) in [5, 5.41) is 5.37. The number of amides is 3. The van der Waals surface area contributed by atoms with Crippen molar-refractivity contribution >= 4 is 46.0 Å². The number of hydrogen-bond acceptors (Lipinski definition) is 4. The summed E-state index contributed by atoms with van der Waals surface area (Å²) < 4.78 is 6.64. The van der Waals surface area contributed by atoms with Crippen molar-refractivity contribution in [3.8, 4) is 5.75 Å². The third-order valence-electron chi connectivity index (χ3n) is 4.71.